The molecule has 5 aromatic rings. The van der Waals surface area contributed by atoms with E-state index in [9.17, 15) is 33.0 Å². The molecule has 12 nitrogen and oxygen atoms in total. The van der Waals surface area contributed by atoms with Crippen LogP contribution in [0.1, 0.15) is 124 Å². The Hall–Kier alpha value is -6.02. The number of rotatable bonds is 21. The number of aliphatic hydroxyl groups is 2. The SMILES string of the molecule is CCCCC1(CC)CS(=O)(=O)c2ccc(N(C)C)cc2C(c2cccc(NC(=O)CCCCC(=O)NCc3ccc(N4C(=O)C(CCC(O)c5ccccc5)C4c4ccc(OC)cc4)cc3)c2)C1O. The van der Waals surface area contributed by atoms with Gasteiger partial charge in [0.15, 0.2) is 9.84 Å². The number of sulfone groups is 1. The number of β-lactam (4-membered cyclic amide) rings is 1. The first kappa shape index (κ1) is 50.8. The van der Waals surface area contributed by atoms with Gasteiger partial charge in [-0.3, -0.25) is 14.4 Å². The van der Waals surface area contributed by atoms with E-state index in [1.165, 1.54) is 0 Å². The quantitative estimate of drug-likeness (QED) is 0.0414. The molecule has 4 N–H and O–H groups in total. The van der Waals surface area contributed by atoms with Gasteiger partial charge in [0.05, 0.1) is 41.9 Å². The monoisotopic (exact) mass is 956 g/mol. The number of fused-ring (bicyclic) bond motifs is 1. The van der Waals surface area contributed by atoms with Gasteiger partial charge >= 0.3 is 0 Å². The van der Waals surface area contributed by atoms with Gasteiger partial charge in [0.1, 0.15) is 5.75 Å². The number of methoxy groups -OCH3 is 1. The molecule has 0 aliphatic carbocycles. The number of hydrogen-bond acceptors (Lipinski definition) is 9. The van der Waals surface area contributed by atoms with Crippen molar-refractivity contribution >= 4 is 44.6 Å². The summed E-state index contributed by atoms with van der Waals surface area (Å²) in [7, 11) is 1.68. The molecule has 5 aromatic carbocycles. The second-order valence-corrected chi connectivity index (χ2v) is 20.9. The number of benzene rings is 5. The number of ether oxygens (including phenoxy) is 1. The first-order valence-corrected chi connectivity index (χ1v) is 26.0. The molecule has 1 fully saturated rings. The predicted octanol–water partition coefficient (Wildman–Crippen LogP) is 9.66. The number of amides is 3. The lowest BCUT2D eigenvalue weighted by molar-refractivity contribution is -0.131. The first-order valence-electron chi connectivity index (χ1n) is 24.4. The summed E-state index contributed by atoms with van der Waals surface area (Å²) in [6.07, 6.45) is 3.54. The number of nitrogens with one attached hydrogen (secondary N) is 2. The minimum atomic E-state index is -3.74. The number of carbonyl (C=O) groups is 3. The van der Waals surface area contributed by atoms with Gasteiger partial charge in [-0.15, -0.1) is 0 Å². The summed E-state index contributed by atoms with van der Waals surface area (Å²) in [6, 6.07) is 37.3. The molecule has 3 amide bonds. The lowest BCUT2D eigenvalue weighted by atomic mass is 9.69. The van der Waals surface area contributed by atoms with Crippen LogP contribution >= 0.6 is 0 Å². The van der Waals surface area contributed by atoms with E-state index >= 15 is 0 Å². The molecule has 2 aliphatic rings. The van der Waals surface area contributed by atoms with Crippen LogP contribution in [-0.2, 0) is 30.8 Å². The van der Waals surface area contributed by atoms with E-state index < -0.39 is 33.4 Å². The maximum Gasteiger partial charge on any atom is 0.233 e. The highest BCUT2D eigenvalue weighted by molar-refractivity contribution is 7.91. The fraction of sp³-hybridized carbons (Fsp3) is 0.411. The second kappa shape index (κ2) is 22.6. The van der Waals surface area contributed by atoms with Gasteiger partial charge in [0.25, 0.3) is 0 Å². The van der Waals surface area contributed by atoms with Gasteiger partial charge < -0.3 is 35.4 Å². The van der Waals surface area contributed by atoms with Crippen molar-refractivity contribution < 1.29 is 37.8 Å². The molecule has 366 valence electrons. The van der Waals surface area contributed by atoms with Crippen molar-refractivity contribution in [2.45, 2.75) is 114 Å². The molecule has 1 saturated heterocycles. The van der Waals surface area contributed by atoms with Crippen LogP contribution in [0.2, 0.25) is 0 Å². The third-order valence-electron chi connectivity index (χ3n) is 14.2. The van der Waals surface area contributed by atoms with Gasteiger partial charge in [0.2, 0.25) is 17.7 Å². The summed E-state index contributed by atoms with van der Waals surface area (Å²) in [5, 5.41) is 29.2. The van der Waals surface area contributed by atoms with Crippen LogP contribution in [-0.4, -0.2) is 69.4 Å². The van der Waals surface area contributed by atoms with Crippen LogP contribution in [0, 0.1) is 11.3 Å². The minimum absolute atomic E-state index is 0.000707. The Kier molecular flexibility index (Phi) is 16.7. The van der Waals surface area contributed by atoms with Crippen molar-refractivity contribution in [3.8, 4) is 5.75 Å². The maximum absolute atomic E-state index is 14.1. The van der Waals surface area contributed by atoms with E-state index in [1.54, 1.807) is 30.2 Å². The van der Waals surface area contributed by atoms with Crippen molar-refractivity contribution in [3.63, 3.8) is 0 Å². The molecule has 0 radical (unpaired) electrons. The first-order chi connectivity index (χ1) is 33.2. The van der Waals surface area contributed by atoms with Crippen LogP contribution < -0.4 is 25.2 Å². The Morgan fingerprint density at radius 1 is 0.855 bits per heavy atom. The molecule has 6 unspecified atom stereocenters. The summed E-state index contributed by atoms with van der Waals surface area (Å²) in [4.78, 5) is 43.8. The number of unbranched alkanes of at least 4 members (excludes halogenated alkanes) is 2. The Labute approximate surface area is 408 Å². The van der Waals surface area contributed by atoms with Crippen molar-refractivity contribution in [2.75, 3.05) is 42.1 Å². The molecule has 0 aromatic heterocycles. The molecular weight excluding hydrogens is 889 g/mol. The van der Waals surface area contributed by atoms with E-state index in [-0.39, 0.29) is 53.2 Å². The Morgan fingerprint density at radius 2 is 1.57 bits per heavy atom. The van der Waals surface area contributed by atoms with E-state index in [1.807, 2.05) is 129 Å². The lowest BCUT2D eigenvalue weighted by Gasteiger charge is -2.48. The molecule has 0 spiro atoms. The highest BCUT2D eigenvalue weighted by Crippen LogP contribution is 2.50. The smallest absolute Gasteiger partial charge is 0.233 e. The normalized spacial score (nSPS) is 21.0. The summed E-state index contributed by atoms with van der Waals surface area (Å²) in [5.41, 5.74) is 5.25. The molecule has 0 bridgehead atoms. The van der Waals surface area contributed by atoms with Crippen molar-refractivity contribution in [2.24, 2.45) is 11.3 Å². The number of anilines is 3. The van der Waals surface area contributed by atoms with Crippen molar-refractivity contribution in [1.82, 2.24) is 5.32 Å². The summed E-state index contributed by atoms with van der Waals surface area (Å²) in [5.74, 6) is -0.683. The van der Waals surface area contributed by atoms with E-state index in [0.717, 1.165) is 52.2 Å². The predicted molar refractivity (Wildman–Crippen MR) is 272 cm³/mol. The highest BCUT2D eigenvalue weighted by atomic mass is 32.2. The topological polar surface area (TPSA) is 166 Å². The summed E-state index contributed by atoms with van der Waals surface area (Å²) in [6.45, 7) is 4.34. The number of hydrogen-bond donors (Lipinski definition) is 4. The summed E-state index contributed by atoms with van der Waals surface area (Å²) >= 11 is 0. The van der Waals surface area contributed by atoms with Crippen LogP contribution in [0.4, 0.5) is 17.1 Å². The van der Waals surface area contributed by atoms with Gasteiger partial charge in [-0.1, -0.05) is 93.4 Å². The summed E-state index contributed by atoms with van der Waals surface area (Å²) < 4.78 is 33.5. The fourth-order valence-corrected chi connectivity index (χ4v) is 12.4. The highest BCUT2D eigenvalue weighted by Gasteiger charge is 2.50. The van der Waals surface area contributed by atoms with E-state index in [4.69, 9.17) is 4.74 Å². The standard InChI is InChI=1S/C56H68N4O8S/c1-6-8-33-56(7-2)37-69(66,67)49-32-27-44(59(3)4)35-47(49)52(54(56)64)41-17-14-18-42(34-41)58-51(63)20-13-12-19-50(62)57-36-38-21-25-43(26-22-38)60-53(40-23-28-45(68-5)29-24-40)46(55(60)65)30-31-48(61)39-15-10-9-11-16-39/h9-11,14-18,21-29,32,34-35,46,48,52-54,61,64H,6-8,12-13,19-20,30-31,33,36-37H2,1-5H3,(H,57,62)(H,58,63). The average molecular weight is 957 g/mol. The molecule has 2 aliphatic heterocycles. The van der Waals surface area contributed by atoms with Crippen LogP contribution in [0.15, 0.2) is 126 Å². The van der Waals surface area contributed by atoms with Gasteiger partial charge in [-0.2, -0.15) is 0 Å². The zero-order valence-corrected chi connectivity index (χ0v) is 41.4. The zero-order chi connectivity index (χ0) is 49.3. The number of aliphatic hydroxyl groups excluding tert-OH is 2. The number of nitrogens with zero attached hydrogens (tertiary/aromatic N) is 2. The lowest BCUT2D eigenvalue weighted by Crippen LogP contribution is -2.55. The van der Waals surface area contributed by atoms with Crippen LogP contribution in [0.3, 0.4) is 0 Å². The molecule has 69 heavy (non-hydrogen) atoms. The van der Waals surface area contributed by atoms with Gasteiger partial charge in [0, 0.05) is 61.9 Å². The molecular formula is C56H68N4O8S. The van der Waals surface area contributed by atoms with Crippen LogP contribution in [0.5, 0.6) is 5.75 Å². The Morgan fingerprint density at radius 3 is 2.23 bits per heavy atom. The van der Waals surface area contributed by atoms with Crippen molar-refractivity contribution in [1.29, 1.82) is 0 Å². The largest absolute Gasteiger partial charge is 0.497 e. The Balaban J connectivity index is 0.924. The fourth-order valence-electron chi connectivity index (χ4n) is 10.2. The molecule has 7 rings (SSSR count). The third kappa shape index (κ3) is 11.7. The number of carbonyl (C=O) groups excluding carboxylic acids is 3. The molecule has 2 heterocycles. The zero-order valence-electron chi connectivity index (χ0n) is 40.6. The molecule has 6 atom stereocenters. The average Bonchev–Trinajstić information content (AvgIpc) is 3.42. The van der Waals surface area contributed by atoms with Crippen LogP contribution in [0.25, 0.3) is 0 Å². The third-order valence-corrected chi connectivity index (χ3v) is 16.2. The Bertz CT molecular complexity index is 2660. The van der Waals surface area contributed by atoms with E-state index in [2.05, 4.69) is 17.6 Å². The molecule has 13 heteroatoms. The van der Waals surface area contributed by atoms with E-state index in [0.29, 0.717) is 56.3 Å². The van der Waals surface area contributed by atoms with Crippen molar-refractivity contribution in [3.05, 3.63) is 149 Å². The second-order valence-electron chi connectivity index (χ2n) is 19.0. The molecule has 0 saturated carbocycles. The van der Waals surface area contributed by atoms with Gasteiger partial charge in [-0.05, 0) is 121 Å². The van der Waals surface area contributed by atoms with Gasteiger partial charge in [-0.25, -0.2) is 8.42 Å². The maximum atomic E-state index is 14.1. The minimum Gasteiger partial charge on any atom is -0.497 e.